The monoisotopic (exact) mass is 296 g/mol. The molecule has 2 rings (SSSR count). The van der Waals surface area contributed by atoms with Crippen molar-refractivity contribution in [3.63, 3.8) is 0 Å². The SMILES string of the molecule is COc1ccccc1.O=[SH](=O)OCOc1ccccc1. The molecule has 6 heteroatoms. The van der Waals surface area contributed by atoms with Gasteiger partial charge in [0.05, 0.1) is 7.11 Å². The molecule has 0 amide bonds. The van der Waals surface area contributed by atoms with Crippen LogP contribution >= 0.6 is 0 Å². The van der Waals surface area contributed by atoms with Gasteiger partial charge in [0.1, 0.15) is 11.5 Å². The average Bonchev–Trinajstić information content (AvgIpc) is 2.49. The number of hydrogen-bond donors (Lipinski definition) is 1. The Morgan fingerprint density at radius 1 is 0.850 bits per heavy atom. The Morgan fingerprint density at radius 3 is 1.75 bits per heavy atom. The van der Waals surface area contributed by atoms with E-state index in [0.29, 0.717) is 5.75 Å². The third kappa shape index (κ3) is 7.40. The van der Waals surface area contributed by atoms with Crippen LogP contribution in [0.2, 0.25) is 0 Å². The molecule has 2 aromatic carbocycles. The minimum atomic E-state index is -2.82. The van der Waals surface area contributed by atoms with E-state index in [0.717, 1.165) is 5.75 Å². The highest BCUT2D eigenvalue weighted by molar-refractivity contribution is 7.67. The van der Waals surface area contributed by atoms with Crippen molar-refractivity contribution in [3.8, 4) is 11.5 Å². The zero-order valence-corrected chi connectivity index (χ0v) is 11.9. The first-order valence-electron chi connectivity index (χ1n) is 5.76. The zero-order valence-electron chi connectivity index (χ0n) is 11.0. The summed E-state index contributed by atoms with van der Waals surface area (Å²) in [7, 11) is -1.16. The van der Waals surface area contributed by atoms with Crippen molar-refractivity contribution in [2.24, 2.45) is 0 Å². The van der Waals surface area contributed by atoms with E-state index in [4.69, 9.17) is 9.47 Å². The number of ether oxygens (including phenoxy) is 2. The molecular formula is C14H16O5S. The molecule has 20 heavy (non-hydrogen) atoms. The summed E-state index contributed by atoms with van der Waals surface area (Å²) in [6.07, 6.45) is 0. The third-order valence-electron chi connectivity index (χ3n) is 2.11. The summed E-state index contributed by atoms with van der Waals surface area (Å²) in [5, 5.41) is 0. The van der Waals surface area contributed by atoms with Gasteiger partial charge in [0.2, 0.25) is 6.79 Å². The van der Waals surface area contributed by atoms with E-state index >= 15 is 0 Å². The second kappa shape index (κ2) is 9.82. The van der Waals surface area contributed by atoms with Gasteiger partial charge in [-0.05, 0) is 24.3 Å². The molecule has 0 saturated carbocycles. The van der Waals surface area contributed by atoms with Crippen molar-refractivity contribution >= 4 is 11.0 Å². The number of para-hydroxylation sites is 2. The van der Waals surface area contributed by atoms with Gasteiger partial charge in [0.25, 0.3) is 11.0 Å². The lowest BCUT2D eigenvalue weighted by Gasteiger charge is -2.01. The lowest BCUT2D eigenvalue weighted by molar-refractivity contribution is 0.131. The average molecular weight is 296 g/mol. The highest BCUT2D eigenvalue weighted by Gasteiger charge is 1.90. The maximum atomic E-state index is 9.92. The minimum absolute atomic E-state index is 0.275. The predicted octanol–water partition coefficient (Wildman–Crippen LogP) is 2.26. The van der Waals surface area contributed by atoms with Gasteiger partial charge in [-0.1, -0.05) is 36.4 Å². The second-order valence-electron chi connectivity index (χ2n) is 3.45. The van der Waals surface area contributed by atoms with Crippen molar-refractivity contribution in [2.45, 2.75) is 0 Å². The Balaban J connectivity index is 0.000000217. The minimum Gasteiger partial charge on any atom is -0.497 e. The van der Waals surface area contributed by atoms with Crippen LogP contribution in [0.5, 0.6) is 11.5 Å². The first-order valence-corrected chi connectivity index (χ1v) is 6.86. The van der Waals surface area contributed by atoms with Crippen LogP contribution in [0.4, 0.5) is 0 Å². The van der Waals surface area contributed by atoms with E-state index in [1.807, 2.05) is 36.4 Å². The van der Waals surface area contributed by atoms with E-state index in [9.17, 15) is 8.42 Å². The Labute approximate surface area is 119 Å². The molecule has 0 aromatic heterocycles. The topological polar surface area (TPSA) is 61.8 Å². The van der Waals surface area contributed by atoms with Crippen molar-refractivity contribution in [1.82, 2.24) is 0 Å². The second-order valence-corrected chi connectivity index (χ2v) is 4.15. The van der Waals surface area contributed by atoms with E-state index in [1.54, 1.807) is 31.4 Å². The number of thiol groups is 1. The Hall–Kier alpha value is -2.05. The Bertz CT molecular complexity index is 532. The molecule has 0 N–H and O–H groups in total. The van der Waals surface area contributed by atoms with Crippen molar-refractivity contribution in [1.29, 1.82) is 0 Å². The zero-order chi connectivity index (χ0) is 14.6. The Morgan fingerprint density at radius 2 is 1.35 bits per heavy atom. The summed E-state index contributed by atoms with van der Waals surface area (Å²) in [5.74, 6) is 1.49. The summed E-state index contributed by atoms with van der Waals surface area (Å²) in [4.78, 5) is 0. The summed E-state index contributed by atoms with van der Waals surface area (Å²) >= 11 is 0. The highest BCUT2D eigenvalue weighted by atomic mass is 32.2. The van der Waals surface area contributed by atoms with E-state index < -0.39 is 11.0 Å². The first kappa shape index (κ1) is 16.0. The summed E-state index contributed by atoms with van der Waals surface area (Å²) < 4.78 is 33.9. The lowest BCUT2D eigenvalue weighted by Crippen LogP contribution is -2.00. The normalized spacial score (nSPS) is 9.50. The smallest absolute Gasteiger partial charge is 0.260 e. The molecule has 0 radical (unpaired) electrons. The molecule has 5 nitrogen and oxygen atoms in total. The Kier molecular flexibility index (Phi) is 7.86. The van der Waals surface area contributed by atoms with Gasteiger partial charge in [-0.25, -0.2) is 12.6 Å². The van der Waals surface area contributed by atoms with Crippen LogP contribution in [0.1, 0.15) is 0 Å². The van der Waals surface area contributed by atoms with Crippen molar-refractivity contribution in [2.75, 3.05) is 13.9 Å². The van der Waals surface area contributed by atoms with Gasteiger partial charge in [0.15, 0.2) is 0 Å². The lowest BCUT2D eigenvalue weighted by atomic mass is 10.3. The quantitative estimate of drug-likeness (QED) is 0.677. The van der Waals surface area contributed by atoms with Crippen molar-refractivity contribution < 1.29 is 22.1 Å². The van der Waals surface area contributed by atoms with E-state index in [1.165, 1.54) is 0 Å². The van der Waals surface area contributed by atoms with Gasteiger partial charge in [-0.15, -0.1) is 0 Å². The summed E-state index contributed by atoms with van der Waals surface area (Å²) in [6, 6.07) is 18.5. The number of methoxy groups -OCH3 is 1. The predicted molar refractivity (Wildman–Crippen MR) is 76.3 cm³/mol. The fourth-order valence-electron chi connectivity index (χ4n) is 1.21. The molecule has 0 aliphatic heterocycles. The van der Waals surface area contributed by atoms with Gasteiger partial charge < -0.3 is 9.47 Å². The van der Waals surface area contributed by atoms with Crippen LogP contribution in [0.15, 0.2) is 60.7 Å². The largest absolute Gasteiger partial charge is 0.497 e. The molecular weight excluding hydrogens is 280 g/mol. The number of hydrogen-bond acceptors (Lipinski definition) is 5. The van der Waals surface area contributed by atoms with Gasteiger partial charge in [0, 0.05) is 0 Å². The van der Waals surface area contributed by atoms with Crippen LogP contribution in [0.3, 0.4) is 0 Å². The van der Waals surface area contributed by atoms with Crippen LogP contribution < -0.4 is 9.47 Å². The van der Waals surface area contributed by atoms with E-state index in [2.05, 4.69) is 4.18 Å². The van der Waals surface area contributed by atoms with Gasteiger partial charge in [-0.3, -0.25) is 0 Å². The van der Waals surface area contributed by atoms with E-state index in [-0.39, 0.29) is 6.79 Å². The molecule has 0 heterocycles. The van der Waals surface area contributed by atoms with Crippen LogP contribution in [0, 0.1) is 0 Å². The molecule has 0 bridgehead atoms. The third-order valence-corrected chi connectivity index (χ3v) is 2.42. The van der Waals surface area contributed by atoms with Crippen LogP contribution in [0.25, 0.3) is 0 Å². The molecule has 0 unspecified atom stereocenters. The molecule has 2 aromatic rings. The molecule has 0 aliphatic rings. The molecule has 0 aliphatic carbocycles. The molecule has 108 valence electrons. The fraction of sp³-hybridized carbons (Fsp3) is 0.143. The standard InChI is InChI=1S/C7H8O4S.C7H8O/c8-12(9)11-6-10-7-4-2-1-3-5-7;1-8-7-5-3-2-4-6-7/h1-5,12H,6H2;2-6H,1H3. The highest BCUT2D eigenvalue weighted by Crippen LogP contribution is 2.07. The van der Waals surface area contributed by atoms with Gasteiger partial charge >= 0.3 is 0 Å². The number of benzene rings is 2. The maximum Gasteiger partial charge on any atom is 0.260 e. The fourth-order valence-corrected chi connectivity index (χ4v) is 1.35. The van der Waals surface area contributed by atoms with Crippen LogP contribution in [-0.4, -0.2) is 22.3 Å². The first-order chi connectivity index (χ1) is 9.72. The van der Waals surface area contributed by atoms with Crippen molar-refractivity contribution in [3.05, 3.63) is 60.7 Å². The molecule has 0 fully saturated rings. The molecule has 0 spiro atoms. The number of rotatable bonds is 5. The van der Waals surface area contributed by atoms with Crippen LogP contribution in [-0.2, 0) is 15.2 Å². The maximum absolute atomic E-state index is 9.92. The van der Waals surface area contributed by atoms with Gasteiger partial charge in [-0.2, -0.15) is 0 Å². The summed E-state index contributed by atoms with van der Waals surface area (Å²) in [5.41, 5.74) is 0. The molecule has 0 atom stereocenters. The molecule has 0 saturated heterocycles. The summed E-state index contributed by atoms with van der Waals surface area (Å²) in [6.45, 7) is -0.275.